The molecule has 0 unspecified atom stereocenters. The molecule has 0 heterocycles. The highest BCUT2D eigenvalue weighted by atomic mass is 16.4. The maximum atomic E-state index is 10.8. The number of hydrogen-bond donors (Lipinski definition) is 2. The molecule has 0 saturated carbocycles. The third-order valence-corrected chi connectivity index (χ3v) is 2.50. The van der Waals surface area contributed by atoms with Crippen LogP contribution in [0.15, 0.2) is 12.1 Å². The summed E-state index contributed by atoms with van der Waals surface area (Å²) in [5, 5.41) is 11.8. The van der Waals surface area contributed by atoms with Crippen molar-refractivity contribution in [3.8, 4) is 0 Å². The van der Waals surface area contributed by atoms with E-state index in [0.717, 1.165) is 12.8 Å². The molecule has 1 aliphatic carbocycles. The largest absolute Gasteiger partial charge is 0.478 e. The lowest BCUT2D eigenvalue weighted by atomic mass is 9.86. The van der Waals surface area contributed by atoms with Crippen LogP contribution in [0.2, 0.25) is 0 Å². The Morgan fingerprint density at radius 2 is 2.00 bits per heavy atom. The Balaban J connectivity index is 2.53. The van der Waals surface area contributed by atoms with Gasteiger partial charge < -0.3 is 10.4 Å². The summed E-state index contributed by atoms with van der Waals surface area (Å²) in [5.41, 5.74) is 3.54. The number of anilines is 1. The summed E-state index contributed by atoms with van der Waals surface area (Å²) in [5.74, 6) is -0.862. The number of aromatic carboxylic acids is 1. The molecule has 0 aromatic heterocycles. The minimum atomic E-state index is -0.862. The van der Waals surface area contributed by atoms with E-state index in [0.29, 0.717) is 11.3 Å². The van der Waals surface area contributed by atoms with Gasteiger partial charge in [-0.15, -0.1) is 0 Å². The van der Waals surface area contributed by atoms with Gasteiger partial charge in [0.2, 0.25) is 0 Å². The molecule has 1 aromatic carbocycles. The Hall–Kier alpha value is -1.51. The van der Waals surface area contributed by atoms with Crippen molar-refractivity contribution in [3.05, 3.63) is 28.8 Å². The van der Waals surface area contributed by atoms with Crippen LogP contribution in [0.25, 0.3) is 0 Å². The van der Waals surface area contributed by atoms with E-state index in [1.807, 2.05) is 6.07 Å². The molecular formula is C10H11NO2. The molecule has 3 heteroatoms. The first-order valence-electron chi connectivity index (χ1n) is 4.29. The number of aryl methyl sites for hydroxylation is 2. The number of carboxylic acids is 1. The fourth-order valence-corrected chi connectivity index (χ4v) is 1.63. The topological polar surface area (TPSA) is 49.3 Å². The molecule has 1 aromatic rings. The van der Waals surface area contributed by atoms with Crippen LogP contribution >= 0.6 is 0 Å². The van der Waals surface area contributed by atoms with Crippen LogP contribution in [0.5, 0.6) is 0 Å². The molecule has 13 heavy (non-hydrogen) atoms. The molecule has 2 N–H and O–H groups in total. The highest BCUT2D eigenvalue weighted by Gasteiger charge is 2.18. The molecule has 0 spiro atoms. The number of carboxylic acid groups (broad SMARTS) is 1. The molecule has 2 rings (SSSR count). The molecule has 0 bridgehead atoms. The first-order valence-corrected chi connectivity index (χ1v) is 4.29. The van der Waals surface area contributed by atoms with Crippen LogP contribution < -0.4 is 5.32 Å². The molecule has 0 fully saturated rings. The quantitative estimate of drug-likeness (QED) is 0.720. The second-order valence-corrected chi connectivity index (χ2v) is 3.22. The van der Waals surface area contributed by atoms with E-state index in [1.165, 1.54) is 11.1 Å². The fraction of sp³-hybridized carbons (Fsp3) is 0.300. The normalized spacial score (nSPS) is 13.0. The predicted molar refractivity (Wildman–Crippen MR) is 50.4 cm³/mol. The standard InChI is InChI=1S/C10H11NO2/c1-11-9-5-7-3-2-6(7)4-8(9)10(12)13/h4-5,11H,2-3H2,1H3,(H,12,13). The lowest BCUT2D eigenvalue weighted by Gasteiger charge is -2.21. The van der Waals surface area contributed by atoms with Crippen molar-refractivity contribution < 1.29 is 9.90 Å². The SMILES string of the molecule is CNc1cc2c(cc1C(=O)O)CC2. The van der Waals surface area contributed by atoms with Gasteiger partial charge in [-0.2, -0.15) is 0 Å². The minimum Gasteiger partial charge on any atom is -0.478 e. The Bertz CT molecular complexity index is 371. The van der Waals surface area contributed by atoms with Gasteiger partial charge in [0.25, 0.3) is 0 Å². The molecule has 0 aliphatic heterocycles. The summed E-state index contributed by atoms with van der Waals surface area (Å²) in [4.78, 5) is 10.8. The van der Waals surface area contributed by atoms with Gasteiger partial charge in [0.05, 0.1) is 5.56 Å². The number of hydrogen-bond acceptors (Lipinski definition) is 2. The highest BCUT2D eigenvalue weighted by Crippen LogP contribution is 2.29. The summed E-state index contributed by atoms with van der Waals surface area (Å²) in [6.45, 7) is 0. The average molecular weight is 177 g/mol. The number of carbonyl (C=O) groups is 1. The van der Waals surface area contributed by atoms with Crippen molar-refractivity contribution in [1.29, 1.82) is 0 Å². The summed E-state index contributed by atoms with van der Waals surface area (Å²) in [7, 11) is 1.74. The smallest absolute Gasteiger partial charge is 0.337 e. The van der Waals surface area contributed by atoms with Crippen LogP contribution in [-0.4, -0.2) is 18.1 Å². The third-order valence-electron chi connectivity index (χ3n) is 2.50. The van der Waals surface area contributed by atoms with E-state index in [2.05, 4.69) is 5.32 Å². The van der Waals surface area contributed by atoms with E-state index in [-0.39, 0.29) is 0 Å². The Morgan fingerprint density at radius 1 is 1.38 bits per heavy atom. The molecule has 68 valence electrons. The zero-order valence-electron chi connectivity index (χ0n) is 7.42. The monoisotopic (exact) mass is 177 g/mol. The Kier molecular flexibility index (Phi) is 1.72. The molecule has 0 atom stereocenters. The summed E-state index contributed by atoms with van der Waals surface area (Å²) in [6.07, 6.45) is 2.09. The van der Waals surface area contributed by atoms with Gasteiger partial charge in [-0.25, -0.2) is 4.79 Å². The summed E-state index contributed by atoms with van der Waals surface area (Å²) >= 11 is 0. The fourth-order valence-electron chi connectivity index (χ4n) is 1.63. The first-order chi connectivity index (χ1) is 6.22. The average Bonchev–Trinajstić information content (AvgIpc) is 2.06. The number of rotatable bonds is 2. The van der Waals surface area contributed by atoms with Crippen LogP contribution in [0.3, 0.4) is 0 Å². The molecule has 0 radical (unpaired) electrons. The van der Waals surface area contributed by atoms with E-state index in [1.54, 1.807) is 13.1 Å². The van der Waals surface area contributed by atoms with Crippen molar-refractivity contribution >= 4 is 11.7 Å². The van der Waals surface area contributed by atoms with Crippen molar-refractivity contribution in [2.45, 2.75) is 12.8 Å². The number of fused-ring (bicyclic) bond motifs is 1. The maximum absolute atomic E-state index is 10.8. The van der Waals surface area contributed by atoms with Crippen molar-refractivity contribution in [2.75, 3.05) is 12.4 Å². The van der Waals surface area contributed by atoms with E-state index in [4.69, 9.17) is 5.11 Å². The zero-order chi connectivity index (χ0) is 9.42. The zero-order valence-corrected chi connectivity index (χ0v) is 7.42. The predicted octanol–water partition coefficient (Wildman–Crippen LogP) is 1.53. The molecule has 0 saturated heterocycles. The van der Waals surface area contributed by atoms with Crippen molar-refractivity contribution in [2.24, 2.45) is 0 Å². The van der Waals surface area contributed by atoms with E-state index in [9.17, 15) is 4.79 Å². The Morgan fingerprint density at radius 3 is 2.46 bits per heavy atom. The van der Waals surface area contributed by atoms with Gasteiger partial charge in [-0.3, -0.25) is 0 Å². The van der Waals surface area contributed by atoms with Gasteiger partial charge in [-0.05, 0) is 36.1 Å². The van der Waals surface area contributed by atoms with E-state index < -0.39 is 5.97 Å². The lowest BCUT2D eigenvalue weighted by Crippen LogP contribution is -2.13. The maximum Gasteiger partial charge on any atom is 0.337 e. The van der Waals surface area contributed by atoms with Crippen LogP contribution in [0.1, 0.15) is 21.5 Å². The van der Waals surface area contributed by atoms with Crippen molar-refractivity contribution in [3.63, 3.8) is 0 Å². The lowest BCUT2D eigenvalue weighted by molar-refractivity contribution is 0.0697. The number of nitrogens with one attached hydrogen (secondary N) is 1. The van der Waals surface area contributed by atoms with Gasteiger partial charge in [0.15, 0.2) is 0 Å². The minimum absolute atomic E-state index is 0.376. The van der Waals surface area contributed by atoms with Crippen LogP contribution in [0, 0.1) is 0 Å². The van der Waals surface area contributed by atoms with Gasteiger partial charge in [-0.1, -0.05) is 0 Å². The van der Waals surface area contributed by atoms with Crippen molar-refractivity contribution in [1.82, 2.24) is 0 Å². The molecule has 3 nitrogen and oxygen atoms in total. The molecule has 0 amide bonds. The first kappa shape index (κ1) is 8.10. The van der Waals surface area contributed by atoms with Crippen LogP contribution in [0.4, 0.5) is 5.69 Å². The summed E-state index contributed by atoms with van der Waals surface area (Å²) in [6, 6.07) is 3.70. The number of benzene rings is 1. The van der Waals surface area contributed by atoms with Gasteiger partial charge in [0, 0.05) is 12.7 Å². The van der Waals surface area contributed by atoms with E-state index >= 15 is 0 Å². The summed E-state index contributed by atoms with van der Waals surface area (Å²) < 4.78 is 0. The highest BCUT2D eigenvalue weighted by molar-refractivity contribution is 5.94. The Labute approximate surface area is 76.4 Å². The van der Waals surface area contributed by atoms with Crippen LogP contribution in [-0.2, 0) is 12.8 Å². The second-order valence-electron chi connectivity index (χ2n) is 3.22. The third kappa shape index (κ3) is 1.16. The molecular weight excluding hydrogens is 166 g/mol. The van der Waals surface area contributed by atoms with Gasteiger partial charge >= 0.3 is 5.97 Å². The van der Waals surface area contributed by atoms with Gasteiger partial charge in [0.1, 0.15) is 0 Å². The molecule has 1 aliphatic rings. The second kappa shape index (κ2) is 2.76.